The van der Waals surface area contributed by atoms with Crippen molar-refractivity contribution in [2.24, 2.45) is 0 Å². The molecule has 0 saturated heterocycles. The maximum absolute atomic E-state index is 10.7. The van der Waals surface area contributed by atoms with Crippen LogP contribution >= 0.6 is 11.8 Å². The quantitative estimate of drug-likeness (QED) is 0.588. The number of aromatic nitrogens is 4. The Morgan fingerprint density at radius 1 is 1.33 bits per heavy atom. The maximum Gasteiger partial charge on any atom is 0.313 e. The Morgan fingerprint density at radius 2 is 2.14 bits per heavy atom. The molecule has 0 saturated carbocycles. The SMILES string of the molecule is Cc1ccccc1-n1ncc2c(SCC(=O)O)ncnc21. The third-order valence-corrected chi connectivity index (χ3v) is 4.00. The Kier molecular flexibility index (Phi) is 3.57. The van der Waals surface area contributed by atoms with E-state index in [1.807, 2.05) is 31.2 Å². The molecule has 6 nitrogen and oxygen atoms in total. The highest BCUT2D eigenvalue weighted by Gasteiger charge is 2.13. The van der Waals surface area contributed by atoms with Gasteiger partial charge in [-0.25, -0.2) is 14.6 Å². The zero-order valence-corrected chi connectivity index (χ0v) is 12.0. The van der Waals surface area contributed by atoms with Crippen LogP contribution in [0.3, 0.4) is 0 Å². The molecule has 0 radical (unpaired) electrons. The second-order valence-electron chi connectivity index (χ2n) is 4.44. The summed E-state index contributed by atoms with van der Waals surface area (Å²) in [5, 5.41) is 14.5. The molecule has 0 aliphatic rings. The summed E-state index contributed by atoms with van der Waals surface area (Å²) in [6.45, 7) is 2.00. The highest BCUT2D eigenvalue weighted by Crippen LogP contribution is 2.26. The van der Waals surface area contributed by atoms with Crippen molar-refractivity contribution in [3.8, 4) is 5.69 Å². The lowest BCUT2D eigenvalue weighted by atomic mass is 10.2. The van der Waals surface area contributed by atoms with Crippen molar-refractivity contribution in [2.75, 3.05) is 5.75 Å². The highest BCUT2D eigenvalue weighted by molar-refractivity contribution is 8.00. The molecule has 0 bridgehead atoms. The number of benzene rings is 1. The van der Waals surface area contributed by atoms with Gasteiger partial charge in [0.05, 0.1) is 23.0 Å². The maximum atomic E-state index is 10.7. The average Bonchev–Trinajstić information content (AvgIpc) is 2.90. The highest BCUT2D eigenvalue weighted by atomic mass is 32.2. The Hall–Kier alpha value is -2.41. The smallest absolute Gasteiger partial charge is 0.313 e. The van der Waals surface area contributed by atoms with Crippen molar-refractivity contribution in [3.63, 3.8) is 0 Å². The van der Waals surface area contributed by atoms with Gasteiger partial charge in [-0.05, 0) is 18.6 Å². The van der Waals surface area contributed by atoms with Gasteiger partial charge in [0, 0.05) is 0 Å². The lowest BCUT2D eigenvalue weighted by Crippen LogP contribution is -2.01. The molecule has 0 amide bonds. The molecule has 0 aliphatic carbocycles. The zero-order chi connectivity index (χ0) is 14.8. The summed E-state index contributed by atoms with van der Waals surface area (Å²) in [5.74, 6) is -0.917. The zero-order valence-electron chi connectivity index (χ0n) is 11.2. The molecule has 3 rings (SSSR count). The van der Waals surface area contributed by atoms with E-state index in [9.17, 15) is 4.79 Å². The minimum Gasteiger partial charge on any atom is -0.481 e. The van der Waals surface area contributed by atoms with Crippen LogP contribution in [0.1, 0.15) is 5.56 Å². The Morgan fingerprint density at radius 3 is 2.90 bits per heavy atom. The van der Waals surface area contributed by atoms with Gasteiger partial charge in [0.1, 0.15) is 11.4 Å². The van der Waals surface area contributed by atoms with Gasteiger partial charge in [-0.2, -0.15) is 5.10 Å². The standard InChI is InChI=1S/C14H12N4O2S/c1-9-4-2-3-5-11(9)18-13-10(6-17-18)14(16-8-15-13)21-7-12(19)20/h2-6,8H,7H2,1H3,(H,19,20). The molecule has 0 unspecified atom stereocenters. The monoisotopic (exact) mass is 300 g/mol. The summed E-state index contributed by atoms with van der Waals surface area (Å²) < 4.78 is 1.75. The summed E-state index contributed by atoms with van der Waals surface area (Å²) >= 11 is 1.17. The molecule has 0 atom stereocenters. The predicted octanol–water partition coefficient (Wildman–Crippen LogP) is 2.30. The minimum atomic E-state index is -0.877. The molecule has 2 aromatic heterocycles. The Labute approximate surface area is 124 Å². The summed E-state index contributed by atoms with van der Waals surface area (Å²) in [4.78, 5) is 19.1. The Balaban J connectivity index is 2.09. The second kappa shape index (κ2) is 5.53. The molecule has 3 aromatic rings. The fraction of sp³-hybridized carbons (Fsp3) is 0.143. The molecule has 21 heavy (non-hydrogen) atoms. The van der Waals surface area contributed by atoms with E-state index in [-0.39, 0.29) is 5.75 Å². The first-order valence-electron chi connectivity index (χ1n) is 6.26. The number of thioether (sulfide) groups is 1. The van der Waals surface area contributed by atoms with Gasteiger partial charge in [-0.1, -0.05) is 30.0 Å². The van der Waals surface area contributed by atoms with E-state index in [0.29, 0.717) is 10.7 Å². The lowest BCUT2D eigenvalue weighted by Gasteiger charge is -2.06. The summed E-state index contributed by atoms with van der Waals surface area (Å²) in [6, 6.07) is 7.88. The van der Waals surface area contributed by atoms with Crippen LogP contribution < -0.4 is 0 Å². The topological polar surface area (TPSA) is 80.9 Å². The second-order valence-corrected chi connectivity index (χ2v) is 5.41. The van der Waals surface area contributed by atoms with Crippen molar-refractivity contribution < 1.29 is 9.90 Å². The van der Waals surface area contributed by atoms with Gasteiger partial charge in [-0.15, -0.1) is 0 Å². The van der Waals surface area contributed by atoms with Crippen molar-refractivity contribution >= 4 is 28.8 Å². The normalized spacial score (nSPS) is 10.9. The lowest BCUT2D eigenvalue weighted by molar-refractivity contribution is -0.133. The van der Waals surface area contributed by atoms with Gasteiger partial charge in [0.15, 0.2) is 5.65 Å². The fourth-order valence-electron chi connectivity index (χ4n) is 2.05. The molecule has 0 fully saturated rings. The van der Waals surface area contributed by atoms with E-state index in [4.69, 9.17) is 5.11 Å². The van der Waals surface area contributed by atoms with E-state index in [1.165, 1.54) is 18.1 Å². The van der Waals surface area contributed by atoms with E-state index < -0.39 is 5.97 Å². The molecular weight excluding hydrogens is 288 g/mol. The summed E-state index contributed by atoms with van der Waals surface area (Å²) in [6.07, 6.45) is 3.11. The van der Waals surface area contributed by atoms with Crippen LogP contribution in [0.25, 0.3) is 16.7 Å². The van der Waals surface area contributed by atoms with Crippen LogP contribution in [-0.2, 0) is 4.79 Å². The number of aryl methyl sites for hydroxylation is 1. The molecule has 1 aromatic carbocycles. The first kappa shape index (κ1) is 13.6. The number of carbonyl (C=O) groups is 1. The van der Waals surface area contributed by atoms with Gasteiger partial charge in [-0.3, -0.25) is 4.79 Å². The first-order chi connectivity index (χ1) is 10.2. The fourth-order valence-corrected chi connectivity index (χ4v) is 2.73. The van der Waals surface area contributed by atoms with E-state index >= 15 is 0 Å². The molecule has 7 heteroatoms. The summed E-state index contributed by atoms with van der Waals surface area (Å²) in [5.41, 5.74) is 2.70. The van der Waals surface area contributed by atoms with Gasteiger partial charge >= 0.3 is 5.97 Å². The van der Waals surface area contributed by atoms with E-state index in [0.717, 1.165) is 16.6 Å². The number of aliphatic carboxylic acids is 1. The van der Waals surface area contributed by atoms with E-state index in [1.54, 1.807) is 10.9 Å². The average molecular weight is 300 g/mol. The molecule has 2 heterocycles. The predicted molar refractivity (Wildman–Crippen MR) is 79.8 cm³/mol. The summed E-state index contributed by atoms with van der Waals surface area (Å²) in [7, 11) is 0. The molecule has 1 N–H and O–H groups in total. The van der Waals surface area contributed by atoms with Crippen LogP contribution in [0.5, 0.6) is 0 Å². The van der Waals surface area contributed by atoms with Crippen molar-refractivity contribution in [2.45, 2.75) is 11.9 Å². The van der Waals surface area contributed by atoms with Gasteiger partial charge in [0.2, 0.25) is 0 Å². The van der Waals surface area contributed by atoms with E-state index in [2.05, 4.69) is 15.1 Å². The van der Waals surface area contributed by atoms with Gasteiger partial charge in [0.25, 0.3) is 0 Å². The van der Waals surface area contributed by atoms with Gasteiger partial charge < -0.3 is 5.11 Å². The van der Waals surface area contributed by atoms with Crippen LogP contribution in [0.2, 0.25) is 0 Å². The number of para-hydroxylation sites is 1. The third kappa shape index (κ3) is 2.59. The molecular formula is C14H12N4O2S. The molecule has 0 spiro atoms. The van der Waals surface area contributed by atoms with Crippen LogP contribution in [-0.4, -0.2) is 36.6 Å². The number of carboxylic acid groups (broad SMARTS) is 1. The number of carboxylic acids is 1. The number of hydrogen-bond donors (Lipinski definition) is 1. The van der Waals surface area contributed by atoms with Crippen molar-refractivity contribution in [1.29, 1.82) is 0 Å². The van der Waals surface area contributed by atoms with Crippen LogP contribution in [0.4, 0.5) is 0 Å². The number of hydrogen-bond acceptors (Lipinski definition) is 5. The number of nitrogens with zero attached hydrogens (tertiary/aromatic N) is 4. The Bertz CT molecular complexity index is 816. The minimum absolute atomic E-state index is 0.0400. The third-order valence-electron chi connectivity index (χ3n) is 3.01. The molecule has 106 valence electrons. The molecule has 0 aliphatic heterocycles. The van der Waals surface area contributed by atoms with Crippen molar-refractivity contribution in [3.05, 3.63) is 42.4 Å². The van der Waals surface area contributed by atoms with Crippen LogP contribution in [0, 0.1) is 6.92 Å². The van der Waals surface area contributed by atoms with Crippen molar-refractivity contribution in [1.82, 2.24) is 19.7 Å². The first-order valence-corrected chi connectivity index (χ1v) is 7.24. The van der Waals surface area contributed by atoms with Crippen LogP contribution in [0.15, 0.2) is 41.8 Å². The number of fused-ring (bicyclic) bond motifs is 1. The largest absolute Gasteiger partial charge is 0.481 e. The number of rotatable bonds is 4.